The summed E-state index contributed by atoms with van der Waals surface area (Å²) in [4.78, 5) is 8.34. The summed E-state index contributed by atoms with van der Waals surface area (Å²) >= 11 is 0. The van der Waals surface area contributed by atoms with Crippen molar-refractivity contribution in [2.24, 2.45) is 11.7 Å². The maximum Gasteiger partial charge on any atom is 0.137 e. The molecule has 0 radical (unpaired) electrons. The predicted molar refractivity (Wildman–Crippen MR) is 94.5 cm³/mol. The van der Waals surface area contributed by atoms with E-state index in [1.807, 2.05) is 26.0 Å². The van der Waals surface area contributed by atoms with Gasteiger partial charge in [-0.05, 0) is 50.5 Å². The summed E-state index contributed by atoms with van der Waals surface area (Å²) in [6.07, 6.45) is 2.38. The van der Waals surface area contributed by atoms with Gasteiger partial charge in [0.2, 0.25) is 0 Å². The van der Waals surface area contributed by atoms with Crippen LogP contribution in [-0.4, -0.2) is 22.1 Å². The Balaban J connectivity index is 2.20. The van der Waals surface area contributed by atoms with Crippen LogP contribution in [0.4, 0.5) is 0 Å². The molecule has 2 N–H and O–H groups in total. The van der Waals surface area contributed by atoms with Gasteiger partial charge in [-0.2, -0.15) is 5.26 Å². The van der Waals surface area contributed by atoms with Gasteiger partial charge in [0.05, 0.1) is 11.3 Å². The monoisotopic (exact) mass is 324 g/mol. The van der Waals surface area contributed by atoms with Crippen LogP contribution in [0.1, 0.15) is 38.4 Å². The van der Waals surface area contributed by atoms with Crippen LogP contribution in [0.3, 0.4) is 0 Å². The van der Waals surface area contributed by atoms with E-state index in [2.05, 4.69) is 29.9 Å². The van der Waals surface area contributed by atoms with E-state index in [-0.39, 0.29) is 0 Å². The zero-order valence-corrected chi connectivity index (χ0v) is 14.7. The summed E-state index contributed by atoms with van der Waals surface area (Å²) in [6.45, 7) is 8.50. The Hall–Kier alpha value is -2.45. The molecule has 0 bridgehead atoms. The van der Waals surface area contributed by atoms with E-state index >= 15 is 0 Å². The molecule has 1 aromatic heterocycles. The van der Waals surface area contributed by atoms with Crippen molar-refractivity contribution < 1.29 is 4.74 Å². The third kappa shape index (κ3) is 4.77. The molecular formula is C19H24N4O. The summed E-state index contributed by atoms with van der Waals surface area (Å²) in [6, 6.07) is 9.56. The maximum absolute atomic E-state index is 9.43. The molecule has 0 saturated heterocycles. The molecule has 5 heteroatoms. The van der Waals surface area contributed by atoms with Gasteiger partial charge in [0.15, 0.2) is 0 Å². The van der Waals surface area contributed by atoms with Gasteiger partial charge >= 0.3 is 0 Å². The molecule has 1 unspecified atom stereocenters. The number of rotatable bonds is 6. The average Bonchev–Trinajstić information content (AvgIpc) is 2.51. The third-order valence-corrected chi connectivity index (χ3v) is 3.63. The molecule has 5 nitrogen and oxygen atoms in total. The minimum Gasteiger partial charge on any atom is -0.490 e. The number of benzene rings is 1. The Kier molecular flexibility index (Phi) is 5.53. The van der Waals surface area contributed by atoms with Crippen LogP contribution in [0.5, 0.6) is 5.75 Å². The highest BCUT2D eigenvalue weighted by Gasteiger charge is 2.21. The Bertz CT molecular complexity index is 747. The number of hydrogen-bond donors (Lipinski definition) is 1. The number of aryl methyl sites for hydroxylation is 1. The molecule has 0 amide bonds. The number of nitriles is 1. The first-order valence-corrected chi connectivity index (χ1v) is 8.05. The normalized spacial score (nSPS) is 13.4. The van der Waals surface area contributed by atoms with Gasteiger partial charge in [-0.15, -0.1) is 0 Å². The van der Waals surface area contributed by atoms with E-state index in [1.54, 1.807) is 12.1 Å². The fourth-order valence-corrected chi connectivity index (χ4v) is 2.75. The minimum absolute atomic E-state index is 0.367. The lowest BCUT2D eigenvalue weighted by Gasteiger charge is -2.26. The Labute approximate surface area is 143 Å². The van der Waals surface area contributed by atoms with Crippen molar-refractivity contribution in [3.05, 3.63) is 41.9 Å². The van der Waals surface area contributed by atoms with Crippen molar-refractivity contribution in [1.82, 2.24) is 9.97 Å². The van der Waals surface area contributed by atoms with E-state index < -0.39 is 5.54 Å². The van der Waals surface area contributed by atoms with Crippen LogP contribution >= 0.6 is 0 Å². The van der Waals surface area contributed by atoms with E-state index in [1.165, 1.54) is 6.33 Å². The predicted octanol–water partition coefficient (Wildman–Crippen LogP) is 3.47. The van der Waals surface area contributed by atoms with Gasteiger partial charge in [0.25, 0.3) is 0 Å². The lowest BCUT2D eigenvalue weighted by Crippen LogP contribution is -2.43. The molecule has 0 fully saturated rings. The van der Waals surface area contributed by atoms with Crippen molar-refractivity contribution in [2.75, 3.05) is 6.61 Å². The van der Waals surface area contributed by atoms with Gasteiger partial charge < -0.3 is 10.5 Å². The highest BCUT2D eigenvalue weighted by molar-refractivity contribution is 5.64. The van der Waals surface area contributed by atoms with E-state index in [0.29, 0.717) is 23.8 Å². The summed E-state index contributed by atoms with van der Waals surface area (Å²) in [5, 5.41) is 9.43. The minimum atomic E-state index is -0.427. The van der Waals surface area contributed by atoms with Crippen LogP contribution in [0.25, 0.3) is 11.3 Å². The molecule has 0 spiro atoms. The second kappa shape index (κ2) is 7.41. The fraction of sp³-hybridized carbons (Fsp3) is 0.421. The van der Waals surface area contributed by atoms with E-state index in [9.17, 15) is 5.26 Å². The zero-order valence-electron chi connectivity index (χ0n) is 14.7. The highest BCUT2D eigenvalue weighted by Crippen LogP contribution is 2.26. The molecule has 126 valence electrons. The van der Waals surface area contributed by atoms with Gasteiger partial charge in [-0.1, -0.05) is 13.8 Å². The van der Waals surface area contributed by atoms with E-state index in [4.69, 9.17) is 10.5 Å². The second-order valence-electron chi connectivity index (χ2n) is 6.91. The molecule has 0 aliphatic heterocycles. The van der Waals surface area contributed by atoms with Crippen LogP contribution in [0, 0.1) is 24.2 Å². The second-order valence-corrected chi connectivity index (χ2v) is 6.91. The molecular weight excluding hydrogens is 300 g/mol. The Morgan fingerprint density at radius 1 is 1.29 bits per heavy atom. The molecule has 0 aliphatic carbocycles. The molecule has 0 saturated carbocycles. The number of ether oxygens (including phenoxy) is 1. The number of nitrogens with zero attached hydrogens (tertiary/aromatic N) is 3. The summed E-state index contributed by atoms with van der Waals surface area (Å²) < 4.78 is 5.83. The van der Waals surface area contributed by atoms with Crippen molar-refractivity contribution >= 4 is 0 Å². The lowest BCUT2D eigenvalue weighted by atomic mass is 9.93. The lowest BCUT2D eigenvalue weighted by molar-refractivity contribution is 0.206. The standard InChI is InChI=1S/C19H24N4O/c1-13(2)9-19(4,21)11-24-18-6-5-15(8-16(18)10-20)17-7-14(3)22-12-23-17/h5-8,12-13H,9,11,21H2,1-4H3. The molecule has 24 heavy (non-hydrogen) atoms. The maximum atomic E-state index is 9.43. The SMILES string of the molecule is Cc1cc(-c2ccc(OCC(C)(N)CC(C)C)c(C#N)c2)ncn1. The fourth-order valence-electron chi connectivity index (χ4n) is 2.75. The van der Waals surface area contributed by atoms with Gasteiger partial charge in [0, 0.05) is 16.8 Å². The first-order valence-electron chi connectivity index (χ1n) is 8.05. The Morgan fingerprint density at radius 3 is 2.67 bits per heavy atom. The van der Waals surface area contributed by atoms with Gasteiger partial charge in [-0.3, -0.25) is 0 Å². The molecule has 1 aromatic carbocycles. The first-order chi connectivity index (χ1) is 11.3. The highest BCUT2D eigenvalue weighted by atomic mass is 16.5. The zero-order chi connectivity index (χ0) is 17.7. The molecule has 0 aliphatic rings. The van der Waals surface area contributed by atoms with Crippen LogP contribution in [0.15, 0.2) is 30.6 Å². The molecule has 1 heterocycles. The summed E-state index contributed by atoms with van der Waals surface area (Å²) in [5.74, 6) is 1.04. The van der Waals surface area contributed by atoms with Crippen molar-refractivity contribution in [3.63, 3.8) is 0 Å². The van der Waals surface area contributed by atoms with Gasteiger partial charge in [-0.25, -0.2) is 9.97 Å². The number of nitrogens with two attached hydrogens (primary N) is 1. The van der Waals surface area contributed by atoms with Crippen LogP contribution in [-0.2, 0) is 0 Å². The Morgan fingerprint density at radius 2 is 2.04 bits per heavy atom. The van der Waals surface area contributed by atoms with Crippen LogP contribution in [0.2, 0.25) is 0 Å². The third-order valence-electron chi connectivity index (χ3n) is 3.63. The quantitative estimate of drug-likeness (QED) is 0.879. The first kappa shape index (κ1) is 17.9. The van der Waals surface area contributed by atoms with Crippen LogP contribution < -0.4 is 10.5 Å². The largest absolute Gasteiger partial charge is 0.490 e. The number of aromatic nitrogens is 2. The smallest absolute Gasteiger partial charge is 0.137 e. The topological polar surface area (TPSA) is 84.8 Å². The average molecular weight is 324 g/mol. The van der Waals surface area contributed by atoms with Crippen molar-refractivity contribution in [3.8, 4) is 23.1 Å². The van der Waals surface area contributed by atoms with E-state index in [0.717, 1.165) is 23.4 Å². The number of hydrogen-bond acceptors (Lipinski definition) is 5. The molecule has 2 rings (SSSR count). The summed E-state index contributed by atoms with van der Waals surface area (Å²) in [5.41, 5.74) is 8.85. The molecule has 1 atom stereocenters. The van der Waals surface area contributed by atoms with Crippen molar-refractivity contribution in [1.29, 1.82) is 5.26 Å². The van der Waals surface area contributed by atoms with Crippen molar-refractivity contribution in [2.45, 2.75) is 39.7 Å². The van der Waals surface area contributed by atoms with Gasteiger partial charge in [0.1, 0.15) is 24.8 Å². The summed E-state index contributed by atoms with van der Waals surface area (Å²) in [7, 11) is 0. The molecule has 2 aromatic rings.